The molecule has 2 aromatic carbocycles. The molecule has 1 heterocycles. The van der Waals surface area contributed by atoms with E-state index in [1.54, 1.807) is 12.1 Å². The highest BCUT2D eigenvalue weighted by Crippen LogP contribution is 2.20. The number of imidazole rings is 1. The van der Waals surface area contributed by atoms with Crippen LogP contribution in [0.1, 0.15) is 11.1 Å². The van der Waals surface area contributed by atoms with E-state index in [0.717, 1.165) is 16.6 Å². The number of nitrogens with zero attached hydrogens (tertiary/aromatic N) is 2. The van der Waals surface area contributed by atoms with Crippen LogP contribution in [-0.4, -0.2) is 9.55 Å². The largest absolute Gasteiger partial charge is 0.369 e. The summed E-state index contributed by atoms with van der Waals surface area (Å²) >= 11 is 0. The number of hydrogen-bond acceptors (Lipinski definition) is 2. The first-order valence-corrected chi connectivity index (χ1v) is 6.61. The lowest BCUT2D eigenvalue weighted by Gasteiger charge is -2.07. The van der Waals surface area contributed by atoms with Crippen LogP contribution in [0.5, 0.6) is 0 Å². The Balaban J connectivity index is 1.93. The minimum atomic E-state index is -0.174. The molecule has 2 N–H and O–H groups in total. The van der Waals surface area contributed by atoms with Gasteiger partial charge in [0.05, 0.1) is 11.0 Å². The maximum Gasteiger partial charge on any atom is 0.201 e. The van der Waals surface area contributed by atoms with Gasteiger partial charge in [-0.1, -0.05) is 24.3 Å². The quantitative estimate of drug-likeness (QED) is 0.792. The van der Waals surface area contributed by atoms with Gasteiger partial charge < -0.3 is 10.3 Å². The molecule has 3 aromatic rings. The van der Waals surface area contributed by atoms with Crippen molar-refractivity contribution in [3.05, 3.63) is 59.4 Å². The number of aromatic nitrogens is 2. The summed E-state index contributed by atoms with van der Waals surface area (Å²) in [6.45, 7) is 2.65. The Bertz CT molecular complexity index is 762. The number of rotatable bonds is 3. The molecule has 0 saturated heterocycles. The van der Waals surface area contributed by atoms with Gasteiger partial charge in [-0.2, -0.15) is 0 Å². The lowest BCUT2D eigenvalue weighted by Crippen LogP contribution is -2.06. The summed E-state index contributed by atoms with van der Waals surface area (Å²) in [6.07, 6.45) is 0.594. The average molecular weight is 269 g/mol. The fourth-order valence-electron chi connectivity index (χ4n) is 2.42. The van der Waals surface area contributed by atoms with Gasteiger partial charge in [0.2, 0.25) is 5.95 Å². The van der Waals surface area contributed by atoms with Crippen molar-refractivity contribution >= 4 is 17.0 Å². The van der Waals surface area contributed by atoms with Crippen molar-refractivity contribution in [2.24, 2.45) is 0 Å². The zero-order chi connectivity index (χ0) is 14.1. The number of aryl methyl sites for hydroxylation is 3. The molecule has 0 aliphatic rings. The molecule has 0 fully saturated rings. The van der Waals surface area contributed by atoms with Crippen LogP contribution >= 0.6 is 0 Å². The van der Waals surface area contributed by atoms with E-state index in [1.807, 2.05) is 29.7 Å². The van der Waals surface area contributed by atoms with Crippen molar-refractivity contribution in [2.45, 2.75) is 19.9 Å². The van der Waals surface area contributed by atoms with Crippen LogP contribution in [0.4, 0.5) is 10.3 Å². The van der Waals surface area contributed by atoms with Gasteiger partial charge >= 0.3 is 0 Å². The van der Waals surface area contributed by atoms with Crippen molar-refractivity contribution in [3.63, 3.8) is 0 Å². The number of anilines is 1. The van der Waals surface area contributed by atoms with Gasteiger partial charge in [-0.25, -0.2) is 9.37 Å². The third kappa shape index (κ3) is 2.25. The first kappa shape index (κ1) is 12.7. The summed E-state index contributed by atoms with van der Waals surface area (Å²) in [7, 11) is 0. The van der Waals surface area contributed by atoms with Crippen LogP contribution in [0, 0.1) is 12.7 Å². The molecule has 0 saturated carbocycles. The Morgan fingerprint density at radius 1 is 1.20 bits per heavy atom. The molecule has 0 amide bonds. The smallest absolute Gasteiger partial charge is 0.201 e. The van der Waals surface area contributed by atoms with Crippen molar-refractivity contribution in [1.82, 2.24) is 9.55 Å². The van der Waals surface area contributed by atoms with Crippen LogP contribution in [0.25, 0.3) is 11.0 Å². The second-order valence-corrected chi connectivity index (χ2v) is 4.96. The van der Waals surface area contributed by atoms with Gasteiger partial charge in [-0.05, 0) is 42.7 Å². The Morgan fingerprint density at radius 3 is 2.80 bits per heavy atom. The number of nitrogen functional groups attached to an aromatic ring is 1. The first-order chi connectivity index (χ1) is 9.65. The molecule has 1 aromatic heterocycles. The van der Waals surface area contributed by atoms with E-state index in [4.69, 9.17) is 5.73 Å². The van der Waals surface area contributed by atoms with Crippen LogP contribution in [-0.2, 0) is 13.0 Å². The normalized spacial score (nSPS) is 11.1. The molecule has 0 bridgehead atoms. The van der Waals surface area contributed by atoms with Gasteiger partial charge in [0.15, 0.2) is 0 Å². The predicted molar refractivity (Wildman–Crippen MR) is 79.0 cm³/mol. The minimum absolute atomic E-state index is 0.174. The summed E-state index contributed by atoms with van der Waals surface area (Å²) in [5.74, 6) is 0.300. The molecule has 0 radical (unpaired) electrons. The molecule has 3 nitrogen and oxygen atoms in total. The molecule has 102 valence electrons. The molecule has 0 aliphatic heterocycles. The van der Waals surface area contributed by atoms with Crippen molar-refractivity contribution < 1.29 is 4.39 Å². The standard InChI is InChI=1S/C16H16FN3/c1-11-6-7-14-15(10-11)20(16(18)19-14)9-8-12-4-2-3-5-13(12)17/h2-7,10H,8-9H2,1H3,(H2,18,19). The molecule has 0 spiro atoms. The maximum atomic E-state index is 13.6. The van der Waals surface area contributed by atoms with E-state index >= 15 is 0 Å². The Labute approximate surface area is 116 Å². The van der Waals surface area contributed by atoms with E-state index in [0.29, 0.717) is 24.5 Å². The second kappa shape index (κ2) is 4.96. The highest BCUT2D eigenvalue weighted by Gasteiger charge is 2.09. The number of nitrogens with two attached hydrogens (primary N) is 1. The third-order valence-electron chi connectivity index (χ3n) is 3.50. The SMILES string of the molecule is Cc1ccc2nc(N)n(CCc3ccccc3F)c2c1. The minimum Gasteiger partial charge on any atom is -0.369 e. The van der Waals surface area contributed by atoms with Crippen molar-refractivity contribution in [3.8, 4) is 0 Å². The van der Waals surface area contributed by atoms with Gasteiger partial charge in [0.25, 0.3) is 0 Å². The zero-order valence-electron chi connectivity index (χ0n) is 11.3. The molecule has 0 atom stereocenters. The average Bonchev–Trinajstić information content (AvgIpc) is 2.73. The second-order valence-electron chi connectivity index (χ2n) is 4.96. The highest BCUT2D eigenvalue weighted by molar-refractivity contribution is 5.79. The van der Waals surface area contributed by atoms with E-state index in [1.165, 1.54) is 6.07 Å². The van der Waals surface area contributed by atoms with E-state index in [-0.39, 0.29) is 5.82 Å². The fraction of sp³-hybridized carbons (Fsp3) is 0.188. The Hall–Kier alpha value is -2.36. The van der Waals surface area contributed by atoms with Crippen LogP contribution < -0.4 is 5.73 Å². The summed E-state index contributed by atoms with van der Waals surface area (Å²) in [5.41, 5.74) is 9.69. The van der Waals surface area contributed by atoms with Crippen molar-refractivity contribution in [2.75, 3.05) is 5.73 Å². The molecular weight excluding hydrogens is 253 g/mol. The van der Waals surface area contributed by atoms with Gasteiger partial charge in [0, 0.05) is 6.54 Å². The number of benzene rings is 2. The highest BCUT2D eigenvalue weighted by atomic mass is 19.1. The Kier molecular flexibility index (Phi) is 3.14. The summed E-state index contributed by atoms with van der Waals surface area (Å²) in [5, 5.41) is 0. The van der Waals surface area contributed by atoms with E-state index in [9.17, 15) is 4.39 Å². The van der Waals surface area contributed by atoms with Crippen LogP contribution in [0.15, 0.2) is 42.5 Å². The van der Waals surface area contributed by atoms with Crippen LogP contribution in [0.2, 0.25) is 0 Å². The first-order valence-electron chi connectivity index (χ1n) is 6.61. The number of hydrogen-bond donors (Lipinski definition) is 1. The molecule has 20 heavy (non-hydrogen) atoms. The summed E-state index contributed by atoms with van der Waals surface area (Å²) in [4.78, 5) is 4.34. The Morgan fingerprint density at radius 2 is 2.00 bits per heavy atom. The van der Waals surface area contributed by atoms with Gasteiger partial charge in [-0.15, -0.1) is 0 Å². The molecule has 4 heteroatoms. The zero-order valence-corrected chi connectivity index (χ0v) is 11.3. The lowest BCUT2D eigenvalue weighted by molar-refractivity contribution is 0.597. The van der Waals surface area contributed by atoms with Crippen LogP contribution in [0.3, 0.4) is 0 Å². The fourth-order valence-corrected chi connectivity index (χ4v) is 2.42. The van der Waals surface area contributed by atoms with E-state index < -0.39 is 0 Å². The summed E-state index contributed by atoms with van der Waals surface area (Å²) < 4.78 is 15.6. The van der Waals surface area contributed by atoms with E-state index in [2.05, 4.69) is 11.1 Å². The monoisotopic (exact) mass is 269 g/mol. The topological polar surface area (TPSA) is 43.8 Å². The third-order valence-corrected chi connectivity index (χ3v) is 3.50. The molecular formula is C16H16FN3. The summed E-state index contributed by atoms with van der Waals surface area (Å²) in [6, 6.07) is 12.8. The molecule has 0 aliphatic carbocycles. The van der Waals surface area contributed by atoms with Gasteiger partial charge in [0.1, 0.15) is 5.82 Å². The van der Waals surface area contributed by atoms with Gasteiger partial charge in [-0.3, -0.25) is 0 Å². The molecule has 0 unspecified atom stereocenters. The lowest BCUT2D eigenvalue weighted by atomic mass is 10.1. The maximum absolute atomic E-state index is 13.6. The predicted octanol–water partition coefficient (Wildman–Crippen LogP) is 3.31. The number of halogens is 1. The molecule has 3 rings (SSSR count). The number of fused-ring (bicyclic) bond motifs is 1. The van der Waals surface area contributed by atoms with Crippen molar-refractivity contribution in [1.29, 1.82) is 0 Å².